The highest BCUT2D eigenvalue weighted by atomic mass is 16.5. The van der Waals surface area contributed by atoms with Crippen molar-refractivity contribution in [1.82, 2.24) is 4.90 Å². The SMILES string of the molecule is CCCCCC(CCCCC)CCCCCCCCCC(CCCCCCCCOC(=O)CC(CCCCC)CCCCC)OCCCCN(C)C(C)C.O=CO. The van der Waals surface area contributed by atoms with Gasteiger partial charge in [-0.05, 0) is 84.2 Å². The van der Waals surface area contributed by atoms with E-state index in [4.69, 9.17) is 19.4 Å². The number of hydrogen-bond acceptors (Lipinski definition) is 5. The van der Waals surface area contributed by atoms with Gasteiger partial charge in [-0.25, -0.2) is 0 Å². The Labute approximate surface area is 357 Å². The number of carbonyl (C=O) groups excluding carboxylic acids is 1. The molecule has 6 nitrogen and oxygen atoms in total. The van der Waals surface area contributed by atoms with Crippen LogP contribution in [-0.2, 0) is 19.1 Å². The van der Waals surface area contributed by atoms with Crippen molar-refractivity contribution in [3.63, 3.8) is 0 Å². The molecule has 0 amide bonds. The van der Waals surface area contributed by atoms with Crippen molar-refractivity contribution in [2.75, 3.05) is 26.8 Å². The normalized spacial score (nSPS) is 12.1. The Morgan fingerprint density at radius 3 is 1.28 bits per heavy atom. The number of hydrogen-bond donors (Lipinski definition) is 1. The predicted octanol–water partition coefficient (Wildman–Crippen LogP) is 15.9. The van der Waals surface area contributed by atoms with Gasteiger partial charge in [0.15, 0.2) is 0 Å². The van der Waals surface area contributed by atoms with E-state index in [0.29, 0.717) is 31.1 Å². The van der Waals surface area contributed by atoms with Gasteiger partial charge in [0, 0.05) is 19.1 Å². The minimum Gasteiger partial charge on any atom is -0.483 e. The van der Waals surface area contributed by atoms with Crippen LogP contribution in [0, 0.1) is 11.8 Å². The van der Waals surface area contributed by atoms with Gasteiger partial charge in [0.1, 0.15) is 0 Å². The summed E-state index contributed by atoms with van der Waals surface area (Å²) in [5, 5.41) is 6.89. The second-order valence-corrected chi connectivity index (χ2v) is 18.0. The molecular weight excluding hydrogens is 707 g/mol. The van der Waals surface area contributed by atoms with Crippen LogP contribution >= 0.6 is 0 Å². The third-order valence-electron chi connectivity index (χ3n) is 12.3. The van der Waals surface area contributed by atoms with Crippen molar-refractivity contribution in [3.8, 4) is 0 Å². The first-order valence-electron chi connectivity index (χ1n) is 25.3. The molecule has 0 spiro atoms. The molecule has 0 radical (unpaired) electrons. The van der Waals surface area contributed by atoms with Crippen LogP contribution in [0.1, 0.15) is 266 Å². The summed E-state index contributed by atoms with van der Waals surface area (Å²) in [5.74, 6) is 1.56. The van der Waals surface area contributed by atoms with Crippen LogP contribution in [0.3, 0.4) is 0 Å². The fraction of sp³-hybridized carbons (Fsp3) is 0.961. The molecule has 1 atom stereocenters. The topological polar surface area (TPSA) is 76.1 Å². The largest absolute Gasteiger partial charge is 0.483 e. The van der Waals surface area contributed by atoms with Crippen molar-refractivity contribution in [1.29, 1.82) is 0 Å². The molecule has 0 bridgehead atoms. The lowest BCUT2D eigenvalue weighted by molar-refractivity contribution is -0.145. The number of carboxylic acid groups (broad SMARTS) is 1. The van der Waals surface area contributed by atoms with Crippen LogP contribution in [0.15, 0.2) is 0 Å². The summed E-state index contributed by atoms with van der Waals surface area (Å²) in [7, 11) is 2.24. The van der Waals surface area contributed by atoms with Crippen molar-refractivity contribution < 1.29 is 24.2 Å². The number of rotatable bonds is 44. The smallest absolute Gasteiger partial charge is 0.306 e. The molecule has 0 heterocycles. The van der Waals surface area contributed by atoms with Crippen LogP contribution < -0.4 is 0 Å². The van der Waals surface area contributed by atoms with E-state index >= 15 is 0 Å². The molecule has 0 aromatic carbocycles. The number of unbranched alkanes of at least 4 members (excludes halogenated alkanes) is 20. The summed E-state index contributed by atoms with van der Waals surface area (Å²) in [6.45, 7) is 16.2. The van der Waals surface area contributed by atoms with E-state index in [0.717, 1.165) is 18.9 Å². The molecule has 6 heteroatoms. The zero-order chi connectivity index (χ0) is 42.5. The highest BCUT2D eigenvalue weighted by molar-refractivity contribution is 5.69. The third-order valence-corrected chi connectivity index (χ3v) is 12.3. The zero-order valence-electron chi connectivity index (χ0n) is 39.8. The van der Waals surface area contributed by atoms with Crippen LogP contribution in [0.2, 0.25) is 0 Å². The van der Waals surface area contributed by atoms with E-state index in [1.165, 1.54) is 218 Å². The summed E-state index contributed by atoms with van der Waals surface area (Å²) in [5.41, 5.74) is 0. The number of ether oxygens (including phenoxy) is 2. The quantitative estimate of drug-likeness (QED) is 0.0375. The van der Waals surface area contributed by atoms with Gasteiger partial charge in [0.25, 0.3) is 6.47 Å². The van der Waals surface area contributed by atoms with Gasteiger partial charge < -0.3 is 19.5 Å². The van der Waals surface area contributed by atoms with Gasteiger partial charge in [-0.1, -0.05) is 201 Å². The lowest BCUT2D eigenvalue weighted by Gasteiger charge is -2.21. The molecule has 1 unspecified atom stereocenters. The summed E-state index contributed by atoms with van der Waals surface area (Å²) < 4.78 is 12.2. The fourth-order valence-electron chi connectivity index (χ4n) is 8.15. The first-order chi connectivity index (χ1) is 27.8. The zero-order valence-corrected chi connectivity index (χ0v) is 39.8. The molecule has 57 heavy (non-hydrogen) atoms. The summed E-state index contributed by atoms with van der Waals surface area (Å²) in [4.78, 5) is 23.3. The summed E-state index contributed by atoms with van der Waals surface area (Å²) in [6, 6.07) is 0.620. The standard InChI is InChI=1S/C50H101NO3.CH2O2/c1-8-12-25-35-47(36-26-13-9-2)37-29-21-17-16-18-22-30-40-49(53-43-34-32-42-51(7)46(5)6)41-31-23-19-20-24-33-44-54-50(52)45-48(38-27-14-10-3)39-28-15-11-4;2-1-3/h46-49H,8-45H2,1-7H3;1H,(H,2,3). The molecule has 0 aromatic rings. The molecule has 0 fully saturated rings. The second-order valence-electron chi connectivity index (χ2n) is 18.0. The van der Waals surface area contributed by atoms with E-state index in [1.807, 2.05) is 0 Å². The maximum absolute atomic E-state index is 12.5. The molecular formula is C51H103NO5. The highest BCUT2D eigenvalue weighted by Crippen LogP contribution is 2.25. The second kappa shape index (κ2) is 47.5. The molecule has 0 aliphatic heterocycles. The summed E-state index contributed by atoms with van der Waals surface area (Å²) >= 11 is 0. The minimum absolute atomic E-state index is 0.0423. The Hall–Kier alpha value is -1.14. The number of nitrogens with zero attached hydrogens (tertiary/aromatic N) is 1. The Bertz CT molecular complexity index is 772. The molecule has 0 aromatic heterocycles. The number of esters is 1. The molecule has 342 valence electrons. The Kier molecular flexibility index (Phi) is 48.3. The average Bonchev–Trinajstić information content (AvgIpc) is 3.19. The van der Waals surface area contributed by atoms with E-state index in [9.17, 15) is 4.79 Å². The predicted molar refractivity (Wildman–Crippen MR) is 248 cm³/mol. The maximum atomic E-state index is 12.5. The molecule has 0 saturated heterocycles. The first-order valence-corrected chi connectivity index (χ1v) is 25.3. The Balaban J connectivity index is 0. The van der Waals surface area contributed by atoms with Gasteiger partial charge in [0.2, 0.25) is 0 Å². The molecule has 0 aliphatic carbocycles. The average molecular weight is 810 g/mol. The summed E-state index contributed by atoms with van der Waals surface area (Å²) in [6.07, 6.45) is 45.9. The molecule has 1 N–H and O–H groups in total. The van der Waals surface area contributed by atoms with Crippen molar-refractivity contribution >= 4 is 12.4 Å². The molecule has 0 rings (SSSR count). The third kappa shape index (κ3) is 44.2. The van der Waals surface area contributed by atoms with Gasteiger partial charge in [0.05, 0.1) is 12.7 Å². The monoisotopic (exact) mass is 810 g/mol. The lowest BCUT2D eigenvalue weighted by atomic mass is 9.90. The number of carbonyl (C=O) groups is 2. The van der Waals surface area contributed by atoms with E-state index in [-0.39, 0.29) is 12.4 Å². The molecule has 0 saturated carbocycles. The Morgan fingerprint density at radius 1 is 0.509 bits per heavy atom. The van der Waals surface area contributed by atoms with Crippen molar-refractivity contribution in [2.24, 2.45) is 11.8 Å². The first kappa shape index (κ1) is 58.0. The van der Waals surface area contributed by atoms with Crippen molar-refractivity contribution in [3.05, 3.63) is 0 Å². The van der Waals surface area contributed by atoms with Gasteiger partial charge >= 0.3 is 5.97 Å². The van der Waals surface area contributed by atoms with Gasteiger partial charge in [-0.3, -0.25) is 9.59 Å². The Morgan fingerprint density at radius 2 is 0.860 bits per heavy atom. The molecule has 0 aliphatic rings. The maximum Gasteiger partial charge on any atom is 0.306 e. The highest BCUT2D eigenvalue weighted by Gasteiger charge is 2.15. The minimum atomic E-state index is -0.250. The van der Waals surface area contributed by atoms with Gasteiger partial charge in [-0.2, -0.15) is 0 Å². The van der Waals surface area contributed by atoms with Crippen molar-refractivity contribution in [2.45, 2.75) is 278 Å². The fourth-order valence-corrected chi connectivity index (χ4v) is 8.15. The lowest BCUT2D eigenvalue weighted by Crippen LogP contribution is -2.27. The van der Waals surface area contributed by atoms with Crippen LogP contribution in [0.5, 0.6) is 0 Å². The van der Waals surface area contributed by atoms with E-state index < -0.39 is 0 Å². The van der Waals surface area contributed by atoms with E-state index in [2.05, 4.69) is 53.5 Å². The van der Waals surface area contributed by atoms with Gasteiger partial charge in [-0.15, -0.1) is 0 Å². The van der Waals surface area contributed by atoms with Crippen LogP contribution in [-0.4, -0.2) is 61.4 Å². The van der Waals surface area contributed by atoms with Crippen LogP contribution in [0.25, 0.3) is 0 Å². The van der Waals surface area contributed by atoms with E-state index in [1.54, 1.807) is 0 Å². The van der Waals surface area contributed by atoms with Crippen LogP contribution in [0.4, 0.5) is 0 Å².